The van der Waals surface area contributed by atoms with Crippen LogP contribution in [0, 0.1) is 5.41 Å². The van der Waals surface area contributed by atoms with Crippen molar-refractivity contribution in [3.05, 3.63) is 0 Å². The third-order valence-corrected chi connectivity index (χ3v) is 3.87. The van der Waals surface area contributed by atoms with E-state index >= 15 is 0 Å². The number of aliphatic hydroxyl groups excluding tert-OH is 1. The molecule has 2 aliphatic rings. The molecule has 5 heteroatoms. The van der Waals surface area contributed by atoms with Crippen LogP contribution in [0.4, 0.5) is 0 Å². The van der Waals surface area contributed by atoms with Gasteiger partial charge in [-0.1, -0.05) is 12.2 Å². The zero-order valence-corrected chi connectivity index (χ0v) is 9.42. The number of rotatable bonds is 3. The van der Waals surface area contributed by atoms with E-state index in [0.29, 0.717) is 4.99 Å². The van der Waals surface area contributed by atoms with Crippen LogP contribution in [0.3, 0.4) is 0 Å². The summed E-state index contributed by atoms with van der Waals surface area (Å²) in [6, 6.07) is -0.0238. The van der Waals surface area contributed by atoms with Crippen LogP contribution < -0.4 is 5.73 Å². The number of nitrogens with zero attached hydrogens (tertiary/aromatic N) is 1. The molecule has 1 saturated heterocycles. The third-order valence-electron chi connectivity index (χ3n) is 3.48. The quantitative estimate of drug-likeness (QED) is 0.669. The van der Waals surface area contributed by atoms with Gasteiger partial charge in [0.2, 0.25) is 5.91 Å². The van der Waals surface area contributed by atoms with Crippen molar-refractivity contribution < 1.29 is 9.90 Å². The second kappa shape index (κ2) is 3.72. The molecule has 0 bridgehead atoms. The average molecular weight is 228 g/mol. The normalized spacial score (nSPS) is 27.8. The van der Waals surface area contributed by atoms with Gasteiger partial charge < -0.3 is 15.7 Å². The second-order valence-electron chi connectivity index (χ2n) is 4.42. The average Bonchev–Trinajstić information content (AvgIpc) is 2.89. The number of hydrogen-bond acceptors (Lipinski definition) is 3. The Morgan fingerprint density at radius 3 is 2.73 bits per heavy atom. The van der Waals surface area contributed by atoms with Crippen molar-refractivity contribution >= 4 is 23.1 Å². The van der Waals surface area contributed by atoms with E-state index < -0.39 is 5.41 Å². The summed E-state index contributed by atoms with van der Waals surface area (Å²) in [5.74, 6) is 0.0338. The van der Waals surface area contributed by atoms with Crippen molar-refractivity contribution in [3.8, 4) is 0 Å². The molecule has 0 spiro atoms. The highest BCUT2D eigenvalue weighted by Crippen LogP contribution is 2.48. The van der Waals surface area contributed by atoms with Crippen molar-refractivity contribution in [2.24, 2.45) is 11.1 Å². The van der Waals surface area contributed by atoms with Crippen LogP contribution in [-0.4, -0.2) is 40.1 Å². The highest BCUT2D eigenvalue weighted by Gasteiger charge is 2.55. The van der Waals surface area contributed by atoms with Crippen molar-refractivity contribution in [3.63, 3.8) is 0 Å². The molecule has 1 aliphatic carbocycles. The fourth-order valence-corrected chi connectivity index (χ4v) is 2.55. The molecule has 1 heterocycles. The SMILES string of the molecule is NC(=S)C1(C(=O)N2CCCC2CO)CC1. The lowest BCUT2D eigenvalue weighted by molar-refractivity contribution is -0.136. The molecule has 84 valence electrons. The van der Waals surface area contributed by atoms with Crippen LogP contribution in [-0.2, 0) is 4.79 Å². The van der Waals surface area contributed by atoms with E-state index in [1.54, 1.807) is 4.90 Å². The Kier molecular flexibility index (Phi) is 2.68. The predicted molar refractivity (Wildman–Crippen MR) is 60.3 cm³/mol. The van der Waals surface area contributed by atoms with Gasteiger partial charge in [0.1, 0.15) is 0 Å². The zero-order valence-electron chi connectivity index (χ0n) is 8.61. The van der Waals surface area contributed by atoms with Gasteiger partial charge in [-0.3, -0.25) is 4.79 Å². The molecule has 0 aromatic rings. The van der Waals surface area contributed by atoms with Gasteiger partial charge in [0.25, 0.3) is 0 Å². The first kappa shape index (κ1) is 10.8. The molecule has 1 atom stereocenters. The van der Waals surface area contributed by atoms with E-state index in [1.165, 1.54) is 0 Å². The Morgan fingerprint density at radius 1 is 1.60 bits per heavy atom. The molecule has 2 rings (SSSR count). The summed E-state index contributed by atoms with van der Waals surface area (Å²) in [6.45, 7) is 0.771. The number of carbonyl (C=O) groups is 1. The van der Waals surface area contributed by atoms with E-state index in [-0.39, 0.29) is 18.6 Å². The van der Waals surface area contributed by atoms with Gasteiger partial charge in [0.05, 0.1) is 23.1 Å². The number of thiocarbonyl (C=S) groups is 1. The number of nitrogens with two attached hydrogens (primary N) is 1. The molecular formula is C10H16N2O2S. The van der Waals surface area contributed by atoms with Crippen LogP contribution >= 0.6 is 12.2 Å². The zero-order chi connectivity index (χ0) is 11.1. The molecule has 0 aromatic carbocycles. The molecule has 1 aliphatic heterocycles. The summed E-state index contributed by atoms with van der Waals surface area (Å²) >= 11 is 4.95. The largest absolute Gasteiger partial charge is 0.394 e. The summed E-state index contributed by atoms with van der Waals surface area (Å²) in [5.41, 5.74) is 5.05. The highest BCUT2D eigenvalue weighted by molar-refractivity contribution is 7.80. The lowest BCUT2D eigenvalue weighted by Crippen LogP contribution is -2.46. The first-order valence-corrected chi connectivity index (χ1v) is 5.74. The van der Waals surface area contributed by atoms with Crippen molar-refractivity contribution in [2.75, 3.05) is 13.2 Å². The number of likely N-dealkylation sites (tertiary alicyclic amines) is 1. The Labute approximate surface area is 94.4 Å². The molecule has 15 heavy (non-hydrogen) atoms. The summed E-state index contributed by atoms with van der Waals surface area (Å²) in [7, 11) is 0. The first-order valence-electron chi connectivity index (χ1n) is 5.33. The fraction of sp³-hybridized carbons (Fsp3) is 0.800. The first-order chi connectivity index (χ1) is 7.12. The van der Waals surface area contributed by atoms with Crippen LogP contribution in [0.2, 0.25) is 0 Å². The topological polar surface area (TPSA) is 66.6 Å². The van der Waals surface area contributed by atoms with Crippen LogP contribution in [0.5, 0.6) is 0 Å². The molecule has 4 nitrogen and oxygen atoms in total. The van der Waals surface area contributed by atoms with Crippen molar-refractivity contribution in [2.45, 2.75) is 31.7 Å². The molecule has 0 radical (unpaired) electrons. The highest BCUT2D eigenvalue weighted by atomic mass is 32.1. The van der Waals surface area contributed by atoms with E-state index in [4.69, 9.17) is 23.1 Å². The summed E-state index contributed by atoms with van der Waals surface area (Å²) in [5, 5.41) is 9.15. The minimum Gasteiger partial charge on any atom is -0.394 e. The molecule has 0 aromatic heterocycles. The second-order valence-corrected chi connectivity index (χ2v) is 4.86. The van der Waals surface area contributed by atoms with Crippen molar-refractivity contribution in [1.82, 2.24) is 4.90 Å². The fourth-order valence-electron chi connectivity index (χ4n) is 2.26. The van der Waals surface area contributed by atoms with Crippen LogP contribution in [0.15, 0.2) is 0 Å². The van der Waals surface area contributed by atoms with Gasteiger partial charge in [0, 0.05) is 6.54 Å². The molecule has 1 unspecified atom stereocenters. The number of hydrogen-bond donors (Lipinski definition) is 2. The number of aliphatic hydroxyl groups is 1. The van der Waals surface area contributed by atoms with Gasteiger partial charge in [0.15, 0.2) is 0 Å². The minimum atomic E-state index is -0.562. The summed E-state index contributed by atoms with van der Waals surface area (Å²) in [4.78, 5) is 14.3. The van der Waals surface area contributed by atoms with E-state index in [1.807, 2.05) is 0 Å². The van der Waals surface area contributed by atoms with E-state index in [2.05, 4.69) is 0 Å². The minimum absolute atomic E-state index is 0.0238. The smallest absolute Gasteiger partial charge is 0.235 e. The Bertz CT molecular complexity index is 302. The number of amides is 1. The lowest BCUT2D eigenvalue weighted by Gasteiger charge is -2.27. The molecule has 2 fully saturated rings. The maximum Gasteiger partial charge on any atom is 0.235 e. The Morgan fingerprint density at radius 2 is 2.27 bits per heavy atom. The Hall–Kier alpha value is -0.680. The van der Waals surface area contributed by atoms with E-state index in [0.717, 1.165) is 32.2 Å². The van der Waals surface area contributed by atoms with Crippen LogP contribution in [0.1, 0.15) is 25.7 Å². The van der Waals surface area contributed by atoms with Crippen LogP contribution in [0.25, 0.3) is 0 Å². The lowest BCUT2D eigenvalue weighted by atomic mass is 10.1. The van der Waals surface area contributed by atoms with Gasteiger partial charge >= 0.3 is 0 Å². The predicted octanol–water partition coefficient (Wildman–Crippen LogP) is 0.0360. The van der Waals surface area contributed by atoms with Gasteiger partial charge in [-0.25, -0.2) is 0 Å². The van der Waals surface area contributed by atoms with Gasteiger partial charge in [-0.15, -0.1) is 0 Å². The maximum absolute atomic E-state index is 12.2. The Balaban J connectivity index is 2.11. The standard InChI is InChI=1S/C10H16N2O2S/c11-8(15)10(3-4-10)9(14)12-5-1-2-7(12)6-13/h7,13H,1-6H2,(H2,11,15). The molecule has 3 N–H and O–H groups in total. The summed E-state index contributed by atoms with van der Waals surface area (Å²) < 4.78 is 0. The van der Waals surface area contributed by atoms with Gasteiger partial charge in [-0.2, -0.15) is 0 Å². The molecular weight excluding hydrogens is 212 g/mol. The summed E-state index contributed by atoms with van der Waals surface area (Å²) in [6.07, 6.45) is 3.39. The monoisotopic (exact) mass is 228 g/mol. The number of carbonyl (C=O) groups excluding carboxylic acids is 1. The van der Waals surface area contributed by atoms with E-state index in [9.17, 15) is 4.79 Å². The van der Waals surface area contributed by atoms with Crippen molar-refractivity contribution in [1.29, 1.82) is 0 Å². The molecule has 1 amide bonds. The van der Waals surface area contributed by atoms with Gasteiger partial charge in [-0.05, 0) is 25.7 Å². The molecule has 1 saturated carbocycles. The maximum atomic E-state index is 12.2. The third kappa shape index (κ3) is 1.63.